The lowest BCUT2D eigenvalue weighted by Gasteiger charge is -2.04. The maximum Gasteiger partial charge on any atom is 0.186 e. The summed E-state index contributed by atoms with van der Waals surface area (Å²) in [7, 11) is 3.23. The molecule has 0 atom stereocenters. The summed E-state index contributed by atoms with van der Waals surface area (Å²) in [6, 6.07) is 14.7. The number of carbonyl (C=O) groups is 1. The number of rotatable bonds is 5. The lowest BCUT2D eigenvalue weighted by atomic mass is 10.0. The molecule has 0 aliphatic rings. The van der Waals surface area contributed by atoms with Gasteiger partial charge in [0.05, 0.1) is 14.2 Å². The minimum absolute atomic E-state index is 0.0222. The summed E-state index contributed by atoms with van der Waals surface area (Å²) in [5, 5.41) is 0. The Morgan fingerprint density at radius 2 is 1.24 bits per heavy atom. The number of carbonyl (C=O) groups excluding carboxylic acids is 1. The fourth-order valence-electron chi connectivity index (χ4n) is 1.97. The SMILES string of the molecule is COc1ccc(C(=O)/C=C(\C)c2ccc(OC)cc2)cc1. The summed E-state index contributed by atoms with van der Waals surface area (Å²) in [6.07, 6.45) is 1.64. The fourth-order valence-corrected chi connectivity index (χ4v) is 1.97. The molecule has 0 aliphatic carbocycles. The van der Waals surface area contributed by atoms with Gasteiger partial charge in [0.2, 0.25) is 0 Å². The van der Waals surface area contributed by atoms with Crippen molar-refractivity contribution in [2.24, 2.45) is 0 Å². The van der Waals surface area contributed by atoms with E-state index in [4.69, 9.17) is 9.47 Å². The number of benzene rings is 2. The molecule has 0 amide bonds. The van der Waals surface area contributed by atoms with Gasteiger partial charge in [-0.1, -0.05) is 12.1 Å². The van der Waals surface area contributed by atoms with Crippen LogP contribution in [0.15, 0.2) is 54.6 Å². The first-order valence-corrected chi connectivity index (χ1v) is 6.65. The second-order valence-electron chi connectivity index (χ2n) is 4.65. The van der Waals surface area contributed by atoms with Crippen molar-refractivity contribution < 1.29 is 14.3 Å². The lowest BCUT2D eigenvalue weighted by molar-refractivity contribution is 0.104. The molecule has 0 aliphatic heterocycles. The van der Waals surface area contributed by atoms with Crippen LogP contribution in [-0.2, 0) is 0 Å². The highest BCUT2D eigenvalue weighted by Gasteiger charge is 2.05. The molecule has 2 aromatic carbocycles. The zero-order valence-corrected chi connectivity index (χ0v) is 12.4. The first kappa shape index (κ1) is 14.9. The quantitative estimate of drug-likeness (QED) is 0.614. The molecule has 0 unspecified atom stereocenters. The van der Waals surface area contributed by atoms with Gasteiger partial charge in [-0.15, -0.1) is 0 Å². The largest absolute Gasteiger partial charge is 0.497 e. The van der Waals surface area contributed by atoms with E-state index < -0.39 is 0 Å². The predicted octanol–water partition coefficient (Wildman–Crippen LogP) is 3.99. The van der Waals surface area contributed by atoms with Crippen molar-refractivity contribution in [3.05, 3.63) is 65.7 Å². The van der Waals surface area contributed by atoms with Crippen LogP contribution in [0, 0.1) is 0 Å². The summed E-state index contributed by atoms with van der Waals surface area (Å²) in [4.78, 5) is 12.2. The topological polar surface area (TPSA) is 35.5 Å². The van der Waals surface area contributed by atoms with Crippen molar-refractivity contribution in [1.82, 2.24) is 0 Å². The summed E-state index contributed by atoms with van der Waals surface area (Å²) < 4.78 is 10.2. The normalized spacial score (nSPS) is 11.1. The third-order valence-corrected chi connectivity index (χ3v) is 3.27. The molecule has 0 heterocycles. The van der Waals surface area contributed by atoms with Crippen molar-refractivity contribution in [3.8, 4) is 11.5 Å². The van der Waals surface area contributed by atoms with Crippen molar-refractivity contribution in [2.75, 3.05) is 14.2 Å². The number of hydrogen-bond acceptors (Lipinski definition) is 3. The molecule has 0 saturated heterocycles. The molecule has 0 N–H and O–H groups in total. The highest BCUT2D eigenvalue weighted by molar-refractivity contribution is 6.08. The van der Waals surface area contributed by atoms with E-state index >= 15 is 0 Å². The van der Waals surface area contributed by atoms with Crippen molar-refractivity contribution in [2.45, 2.75) is 6.92 Å². The summed E-state index contributed by atoms with van der Waals surface area (Å²) in [5.74, 6) is 1.52. The van der Waals surface area contributed by atoms with E-state index in [2.05, 4.69) is 0 Å². The number of ketones is 1. The molecular formula is C18H18O3. The highest BCUT2D eigenvalue weighted by Crippen LogP contribution is 2.19. The summed E-state index contributed by atoms with van der Waals surface area (Å²) >= 11 is 0. The van der Waals surface area contributed by atoms with Gasteiger partial charge in [-0.05, 0) is 60.5 Å². The van der Waals surface area contributed by atoms with E-state index in [0.29, 0.717) is 5.56 Å². The zero-order valence-electron chi connectivity index (χ0n) is 12.4. The van der Waals surface area contributed by atoms with E-state index in [-0.39, 0.29) is 5.78 Å². The van der Waals surface area contributed by atoms with E-state index in [1.165, 1.54) is 0 Å². The highest BCUT2D eigenvalue weighted by atomic mass is 16.5. The lowest BCUT2D eigenvalue weighted by Crippen LogP contribution is -1.96. The van der Waals surface area contributed by atoms with Crippen molar-refractivity contribution >= 4 is 11.4 Å². The van der Waals surface area contributed by atoms with Crippen LogP contribution in [0.5, 0.6) is 11.5 Å². The van der Waals surface area contributed by atoms with Crippen LogP contribution >= 0.6 is 0 Å². The van der Waals surface area contributed by atoms with Gasteiger partial charge in [0.1, 0.15) is 11.5 Å². The molecule has 108 valence electrons. The predicted molar refractivity (Wildman–Crippen MR) is 84.0 cm³/mol. The second kappa shape index (κ2) is 6.75. The number of hydrogen-bond donors (Lipinski definition) is 0. The van der Waals surface area contributed by atoms with Gasteiger partial charge in [0, 0.05) is 5.56 Å². The van der Waals surface area contributed by atoms with Crippen LogP contribution in [0.4, 0.5) is 0 Å². The van der Waals surface area contributed by atoms with Crippen LogP contribution in [0.3, 0.4) is 0 Å². The molecule has 0 radical (unpaired) electrons. The molecule has 2 aromatic rings. The molecule has 0 aromatic heterocycles. The van der Waals surface area contributed by atoms with Gasteiger partial charge >= 0.3 is 0 Å². The molecule has 3 heteroatoms. The van der Waals surface area contributed by atoms with Crippen LogP contribution in [0.25, 0.3) is 5.57 Å². The van der Waals surface area contributed by atoms with Crippen LogP contribution < -0.4 is 9.47 Å². The third-order valence-electron chi connectivity index (χ3n) is 3.27. The number of allylic oxidation sites excluding steroid dienone is 2. The maximum absolute atomic E-state index is 12.2. The Morgan fingerprint density at radius 1 is 0.810 bits per heavy atom. The Hall–Kier alpha value is -2.55. The Bertz CT molecular complexity index is 637. The maximum atomic E-state index is 12.2. The molecular weight excluding hydrogens is 264 g/mol. The van der Waals surface area contributed by atoms with Crippen LogP contribution in [0.2, 0.25) is 0 Å². The van der Waals surface area contributed by atoms with Gasteiger partial charge in [-0.2, -0.15) is 0 Å². The molecule has 0 bridgehead atoms. The Balaban J connectivity index is 2.17. The molecule has 21 heavy (non-hydrogen) atoms. The second-order valence-corrected chi connectivity index (χ2v) is 4.65. The zero-order chi connectivity index (χ0) is 15.2. The minimum atomic E-state index is -0.0222. The van der Waals surface area contributed by atoms with Gasteiger partial charge < -0.3 is 9.47 Å². The minimum Gasteiger partial charge on any atom is -0.497 e. The van der Waals surface area contributed by atoms with Crippen molar-refractivity contribution in [1.29, 1.82) is 0 Å². The first-order chi connectivity index (χ1) is 10.1. The van der Waals surface area contributed by atoms with Gasteiger partial charge in [0.25, 0.3) is 0 Å². The van der Waals surface area contributed by atoms with Crippen LogP contribution in [0.1, 0.15) is 22.8 Å². The Labute approximate surface area is 124 Å². The molecule has 0 saturated carbocycles. The molecule has 0 fully saturated rings. The monoisotopic (exact) mass is 282 g/mol. The van der Waals surface area contributed by atoms with E-state index in [1.54, 1.807) is 44.6 Å². The molecule has 2 rings (SSSR count). The smallest absolute Gasteiger partial charge is 0.186 e. The Kier molecular flexibility index (Phi) is 4.77. The average molecular weight is 282 g/mol. The molecule has 3 nitrogen and oxygen atoms in total. The number of ether oxygens (including phenoxy) is 2. The van der Waals surface area contributed by atoms with E-state index in [0.717, 1.165) is 22.6 Å². The van der Waals surface area contributed by atoms with Gasteiger partial charge in [-0.25, -0.2) is 0 Å². The van der Waals surface area contributed by atoms with E-state index in [9.17, 15) is 4.79 Å². The standard InChI is InChI=1S/C18H18O3/c1-13(14-4-8-16(20-2)9-5-14)12-18(19)15-6-10-17(21-3)11-7-15/h4-12H,1-3H3/b13-12+. The molecule has 0 spiro atoms. The van der Waals surface area contributed by atoms with Gasteiger partial charge in [0.15, 0.2) is 5.78 Å². The summed E-state index contributed by atoms with van der Waals surface area (Å²) in [5.41, 5.74) is 2.56. The third kappa shape index (κ3) is 3.72. The van der Waals surface area contributed by atoms with Crippen molar-refractivity contribution in [3.63, 3.8) is 0 Å². The van der Waals surface area contributed by atoms with Gasteiger partial charge in [-0.3, -0.25) is 4.79 Å². The first-order valence-electron chi connectivity index (χ1n) is 6.65. The number of methoxy groups -OCH3 is 2. The Morgan fingerprint density at radius 3 is 1.67 bits per heavy atom. The van der Waals surface area contributed by atoms with E-state index in [1.807, 2.05) is 31.2 Å². The fraction of sp³-hybridized carbons (Fsp3) is 0.167. The van der Waals surface area contributed by atoms with Crippen LogP contribution in [-0.4, -0.2) is 20.0 Å². The average Bonchev–Trinajstić information content (AvgIpc) is 2.55. The summed E-state index contributed by atoms with van der Waals surface area (Å²) in [6.45, 7) is 1.92.